The van der Waals surface area contributed by atoms with Crippen LogP contribution in [0.25, 0.3) is 22.3 Å². The van der Waals surface area contributed by atoms with Crippen LogP contribution in [0.5, 0.6) is 5.75 Å². The van der Waals surface area contributed by atoms with Crippen LogP contribution >= 0.6 is 0 Å². The van der Waals surface area contributed by atoms with Crippen molar-refractivity contribution < 1.29 is 4.74 Å². The van der Waals surface area contributed by atoms with Crippen molar-refractivity contribution in [3.63, 3.8) is 0 Å². The lowest BCUT2D eigenvalue weighted by Gasteiger charge is -2.07. The van der Waals surface area contributed by atoms with E-state index in [1.165, 1.54) is 27.8 Å². The van der Waals surface area contributed by atoms with Crippen LogP contribution in [0.15, 0.2) is 60.7 Å². The van der Waals surface area contributed by atoms with Crippen molar-refractivity contribution in [3.05, 3.63) is 66.2 Å². The predicted octanol–water partition coefficient (Wildman–Crippen LogP) is 6.76. The molecule has 0 N–H and O–H groups in total. The van der Waals surface area contributed by atoms with E-state index in [1.807, 2.05) is 0 Å². The smallest absolute Gasteiger partial charge is 0.119 e. The molecule has 0 amide bonds. The minimum atomic E-state index is 0.540. The van der Waals surface area contributed by atoms with Crippen LogP contribution in [-0.2, 0) is 0 Å². The number of fused-ring (bicyclic) bond motifs is 1. The Labute approximate surface area is 145 Å². The fraction of sp³-hybridized carbons (Fsp3) is 0.304. The van der Waals surface area contributed by atoms with Gasteiger partial charge in [-0.1, -0.05) is 75.7 Å². The second-order valence-corrected chi connectivity index (χ2v) is 6.67. The van der Waals surface area contributed by atoms with E-state index >= 15 is 0 Å². The van der Waals surface area contributed by atoms with Gasteiger partial charge in [0, 0.05) is 0 Å². The largest absolute Gasteiger partial charge is 0.494 e. The number of hydrogen-bond donors (Lipinski definition) is 0. The minimum absolute atomic E-state index is 0.540. The number of ether oxygens (including phenoxy) is 1. The van der Waals surface area contributed by atoms with Crippen LogP contribution in [0.2, 0.25) is 0 Å². The summed E-state index contributed by atoms with van der Waals surface area (Å²) in [5.41, 5.74) is 6.52. The Morgan fingerprint density at radius 1 is 0.833 bits per heavy atom. The summed E-state index contributed by atoms with van der Waals surface area (Å²) in [6.45, 7) is 7.45. The Kier molecular flexibility index (Phi) is 5.20. The van der Waals surface area contributed by atoms with Crippen molar-refractivity contribution in [2.75, 3.05) is 6.61 Å². The summed E-state index contributed by atoms with van der Waals surface area (Å²) in [6.07, 6.45) is 2.26. The molecule has 0 unspecified atom stereocenters. The predicted molar refractivity (Wildman–Crippen MR) is 103 cm³/mol. The SMILES string of the molecule is CCCCOc1ccc(-c2ccc3cc(C(C)C)cccc2-3)cc1. The maximum atomic E-state index is 5.76. The molecule has 3 rings (SSSR count). The Morgan fingerprint density at radius 2 is 1.54 bits per heavy atom. The van der Waals surface area contributed by atoms with Crippen LogP contribution in [0.4, 0.5) is 0 Å². The lowest BCUT2D eigenvalue weighted by molar-refractivity contribution is 0.309. The van der Waals surface area contributed by atoms with Crippen LogP contribution in [0.3, 0.4) is 0 Å². The molecule has 0 bridgehead atoms. The van der Waals surface area contributed by atoms with E-state index in [4.69, 9.17) is 4.74 Å². The van der Waals surface area contributed by atoms with Gasteiger partial charge in [-0.05, 0) is 52.3 Å². The van der Waals surface area contributed by atoms with Gasteiger partial charge in [-0.3, -0.25) is 0 Å². The van der Waals surface area contributed by atoms with E-state index < -0.39 is 0 Å². The molecule has 0 fully saturated rings. The molecule has 0 spiro atoms. The second-order valence-electron chi connectivity index (χ2n) is 6.67. The molecule has 0 heterocycles. The average molecular weight is 318 g/mol. The molecule has 0 atom stereocenters. The molecule has 2 aliphatic carbocycles. The van der Waals surface area contributed by atoms with Crippen molar-refractivity contribution in [1.82, 2.24) is 0 Å². The molecule has 1 nitrogen and oxygen atoms in total. The zero-order chi connectivity index (χ0) is 16.9. The molecule has 2 aliphatic rings. The Bertz CT molecular complexity index is 755. The van der Waals surface area contributed by atoms with Gasteiger partial charge >= 0.3 is 0 Å². The lowest BCUT2D eigenvalue weighted by atomic mass is 10.0. The summed E-state index contributed by atoms with van der Waals surface area (Å²) in [6, 6.07) is 21.8. The quantitative estimate of drug-likeness (QED) is 0.456. The van der Waals surface area contributed by atoms with Crippen molar-refractivity contribution in [3.8, 4) is 28.0 Å². The molecule has 1 aromatic rings. The average Bonchev–Trinajstić information content (AvgIpc) is 2.85. The highest BCUT2D eigenvalue weighted by Gasteiger charge is 2.11. The van der Waals surface area contributed by atoms with Crippen LogP contribution in [0.1, 0.15) is 45.1 Å². The standard InChI is InChI=1S/C23H26O/c1-4-5-15-24-21-12-9-18(10-13-21)23-14-11-20-16-19(17(2)3)7-6-8-22(20)23/h6-14,16-17H,4-5,15H2,1-3H3. The fourth-order valence-corrected chi connectivity index (χ4v) is 2.98. The molecule has 0 saturated heterocycles. The Morgan fingerprint density at radius 3 is 2.25 bits per heavy atom. The highest BCUT2D eigenvalue weighted by molar-refractivity contribution is 5.86. The van der Waals surface area contributed by atoms with Crippen LogP contribution in [0, 0.1) is 0 Å². The van der Waals surface area contributed by atoms with E-state index in [9.17, 15) is 0 Å². The van der Waals surface area contributed by atoms with Crippen molar-refractivity contribution >= 4 is 0 Å². The summed E-state index contributed by atoms with van der Waals surface area (Å²) < 4.78 is 5.76. The first-order valence-electron chi connectivity index (χ1n) is 8.95. The van der Waals surface area contributed by atoms with Gasteiger partial charge in [0.25, 0.3) is 0 Å². The fourth-order valence-electron chi connectivity index (χ4n) is 2.98. The molecule has 124 valence electrons. The zero-order valence-electron chi connectivity index (χ0n) is 14.9. The highest BCUT2D eigenvalue weighted by Crippen LogP contribution is 2.36. The summed E-state index contributed by atoms with van der Waals surface area (Å²) in [7, 11) is 0. The maximum absolute atomic E-state index is 5.76. The summed E-state index contributed by atoms with van der Waals surface area (Å²) in [5, 5.41) is 0. The van der Waals surface area contributed by atoms with Gasteiger partial charge in [0.2, 0.25) is 0 Å². The maximum Gasteiger partial charge on any atom is 0.119 e. The topological polar surface area (TPSA) is 9.23 Å². The van der Waals surface area contributed by atoms with E-state index in [2.05, 4.69) is 81.4 Å². The number of unbranched alkanes of at least 4 members (excludes halogenated alkanes) is 1. The van der Waals surface area contributed by atoms with E-state index in [0.29, 0.717) is 5.92 Å². The third kappa shape index (κ3) is 3.62. The summed E-state index contributed by atoms with van der Waals surface area (Å²) >= 11 is 0. The normalized spacial score (nSPS) is 11.2. The van der Waals surface area contributed by atoms with Gasteiger partial charge in [-0.25, -0.2) is 0 Å². The molecule has 0 aromatic heterocycles. The summed E-state index contributed by atoms with van der Waals surface area (Å²) in [5.74, 6) is 1.49. The van der Waals surface area contributed by atoms with Gasteiger partial charge in [0.1, 0.15) is 5.75 Å². The zero-order valence-corrected chi connectivity index (χ0v) is 14.9. The third-order valence-corrected chi connectivity index (χ3v) is 4.50. The van der Waals surface area contributed by atoms with Gasteiger partial charge in [-0.15, -0.1) is 0 Å². The van der Waals surface area contributed by atoms with Gasteiger partial charge in [-0.2, -0.15) is 0 Å². The first-order valence-corrected chi connectivity index (χ1v) is 8.95. The molecular formula is C23H26O. The van der Waals surface area contributed by atoms with Crippen LogP contribution < -0.4 is 4.74 Å². The second kappa shape index (κ2) is 7.53. The molecule has 1 aromatic carbocycles. The number of benzene rings is 1. The lowest BCUT2D eigenvalue weighted by Crippen LogP contribution is -1.95. The first-order chi connectivity index (χ1) is 11.7. The third-order valence-electron chi connectivity index (χ3n) is 4.50. The molecule has 24 heavy (non-hydrogen) atoms. The van der Waals surface area contributed by atoms with Crippen molar-refractivity contribution in [2.45, 2.75) is 39.5 Å². The highest BCUT2D eigenvalue weighted by atomic mass is 16.5. The van der Waals surface area contributed by atoms with Gasteiger partial charge < -0.3 is 4.74 Å². The van der Waals surface area contributed by atoms with Gasteiger partial charge in [0.05, 0.1) is 6.61 Å². The molecule has 0 radical (unpaired) electrons. The van der Waals surface area contributed by atoms with E-state index in [-0.39, 0.29) is 0 Å². The molecule has 0 aliphatic heterocycles. The van der Waals surface area contributed by atoms with E-state index in [1.54, 1.807) is 0 Å². The van der Waals surface area contributed by atoms with E-state index in [0.717, 1.165) is 25.2 Å². The van der Waals surface area contributed by atoms with Crippen LogP contribution in [-0.4, -0.2) is 6.61 Å². The number of rotatable bonds is 6. The molecular weight excluding hydrogens is 292 g/mol. The number of hydrogen-bond acceptors (Lipinski definition) is 1. The Balaban J connectivity index is 1.86. The first kappa shape index (κ1) is 16.6. The monoisotopic (exact) mass is 318 g/mol. The molecule has 1 heteroatoms. The Hall–Kier alpha value is -2.28. The summed E-state index contributed by atoms with van der Waals surface area (Å²) in [4.78, 5) is 0. The minimum Gasteiger partial charge on any atom is -0.494 e. The van der Waals surface area contributed by atoms with Crippen molar-refractivity contribution in [2.24, 2.45) is 0 Å². The molecule has 0 saturated carbocycles. The van der Waals surface area contributed by atoms with Gasteiger partial charge in [0.15, 0.2) is 0 Å². The van der Waals surface area contributed by atoms with Crippen molar-refractivity contribution in [1.29, 1.82) is 0 Å².